The molecule has 0 radical (unpaired) electrons. The third-order valence-corrected chi connectivity index (χ3v) is 3.85. The van der Waals surface area contributed by atoms with Crippen molar-refractivity contribution in [2.75, 3.05) is 7.11 Å². The van der Waals surface area contributed by atoms with Crippen LogP contribution in [0.1, 0.15) is 38.2 Å². The predicted molar refractivity (Wildman–Crippen MR) is 89.3 cm³/mol. The second kappa shape index (κ2) is 6.41. The smallest absolute Gasteiger partial charge is 0.148 e. The van der Waals surface area contributed by atoms with Crippen LogP contribution in [0.4, 0.5) is 0 Å². The van der Waals surface area contributed by atoms with Crippen LogP contribution in [0.2, 0.25) is 0 Å². The van der Waals surface area contributed by atoms with Crippen LogP contribution in [0.5, 0.6) is 11.5 Å². The Balaban J connectivity index is 1.87. The summed E-state index contributed by atoms with van der Waals surface area (Å²) in [5, 5.41) is 0. The van der Waals surface area contributed by atoms with Crippen molar-refractivity contribution in [2.45, 2.75) is 38.6 Å². The Kier molecular flexibility index (Phi) is 4.34. The van der Waals surface area contributed by atoms with Crippen LogP contribution in [0.15, 0.2) is 42.5 Å². The molecule has 1 saturated carbocycles. The second-order valence-corrected chi connectivity index (χ2v) is 6.13. The highest BCUT2D eigenvalue weighted by molar-refractivity contribution is 5.72. The number of nitrogens with one attached hydrogen (secondary N) is 1. The van der Waals surface area contributed by atoms with E-state index in [-0.39, 0.29) is 6.04 Å². The molecule has 0 atom stereocenters. The molecule has 1 fully saturated rings. The summed E-state index contributed by atoms with van der Waals surface area (Å²) in [6, 6.07) is 14.9. The van der Waals surface area contributed by atoms with Crippen molar-refractivity contribution >= 4 is 0 Å². The first-order chi connectivity index (χ1) is 10.7. The normalized spacial score (nSPS) is 14.2. The van der Waals surface area contributed by atoms with Crippen LogP contribution in [-0.2, 0) is 0 Å². The van der Waals surface area contributed by atoms with Gasteiger partial charge in [-0.1, -0.05) is 24.3 Å². The van der Waals surface area contributed by atoms with Crippen molar-refractivity contribution in [3.05, 3.63) is 48.0 Å². The lowest BCUT2D eigenvalue weighted by atomic mass is 10.0. The zero-order valence-electron chi connectivity index (χ0n) is 13.4. The standard InChI is InChI=1S/C19H23NO2/c1-13(2)20-22-17-10-11-19(21-3)18(12-17)16-8-6-15(7-9-16)14-4-5-14/h6-14,20H,4-5H2,1-3H3. The molecule has 0 aliphatic heterocycles. The largest absolute Gasteiger partial charge is 0.496 e. The molecule has 0 unspecified atom stereocenters. The summed E-state index contributed by atoms with van der Waals surface area (Å²) in [4.78, 5) is 5.60. The summed E-state index contributed by atoms with van der Waals surface area (Å²) in [5.74, 6) is 2.42. The highest BCUT2D eigenvalue weighted by Gasteiger charge is 2.23. The molecule has 2 aromatic rings. The number of hydrogen-bond donors (Lipinski definition) is 1. The Morgan fingerprint density at radius 2 is 1.77 bits per heavy atom. The molecule has 1 aliphatic carbocycles. The number of rotatable bonds is 6. The van der Waals surface area contributed by atoms with Gasteiger partial charge in [-0.25, -0.2) is 0 Å². The van der Waals surface area contributed by atoms with Crippen molar-refractivity contribution in [1.29, 1.82) is 0 Å². The third kappa shape index (κ3) is 3.42. The van der Waals surface area contributed by atoms with Gasteiger partial charge in [-0.05, 0) is 61.9 Å². The minimum absolute atomic E-state index is 0.267. The average molecular weight is 297 g/mol. The number of hydroxylamine groups is 1. The van der Waals surface area contributed by atoms with Gasteiger partial charge in [0.2, 0.25) is 0 Å². The Morgan fingerprint density at radius 1 is 1.05 bits per heavy atom. The molecular weight excluding hydrogens is 274 g/mol. The molecule has 3 heteroatoms. The van der Waals surface area contributed by atoms with E-state index in [0.717, 1.165) is 28.5 Å². The molecule has 0 aromatic heterocycles. The van der Waals surface area contributed by atoms with Gasteiger partial charge in [-0.2, -0.15) is 5.48 Å². The molecule has 0 heterocycles. The van der Waals surface area contributed by atoms with Gasteiger partial charge in [0, 0.05) is 11.6 Å². The molecule has 0 amide bonds. The highest BCUT2D eigenvalue weighted by Crippen LogP contribution is 2.41. The lowest BCUT2D eigenvalue weighted by molar-refractivity contribution is 0.168. The van der Waals surface area contributed by atoms with Crippen molar-refractivity contribution in [2.24, 2.45) is 0 Å². The number of ether oxygens (including phenoxy) is 1. The molecule has 2 aromatic carbocycles. The van der Waals surface area contributed by atoms with Crippen molar-refractivity contribution < 1.29 is 9.57 Å². The van der Waals surface area contributed by atoms with E-state index in [9.17, 15) is 0 Å². The fraction of sp³-hybridized carbons (Fsp3) is 0.368. The van der Waals surface area contributed by atoms with E-state index in [4.69, 9.17) is 9.57 Å². The van der Waals surface area contributed by atoms with Gasteiger partial charge in [-0.15, -0.1) is 0 Å². The van der Waals surface area contributed by atoms with E-state index in [0.29, 0.717) is 0 Å². The van der Waals surface area contributed by atoms with Gasteiger partial charge in [0.25, 0.3) is 0 Å². The Hall–Kier alpha value is -2.00. The van der Waals surface area contributed by atoms with Crippen LogP contribution < -0.4 is 15.1 Å². The maximum Gasteiger partial charge on any atom is 0.148 e. The SMILES string of the molecule is COc1ccc(ONC(C)C)cc1-c1ccc(C2CC2)cc1. The first kappa shape index (κ1) is 14.9. The first-order valence-corrected chi connectivity index (χ1v) is 7.88. The van der Waals surface area contributed by atoms with Gasteiger partial charge in [0.1, 0.15) is 11.5 Å². The van der Waals surface area contributed by atoms with E-state index in [2.05, 4.69) is 29.7 Å². The molecule has 116 valence electrons. The fourth-order valence-corrected chi connectivity index (χ4v) is 2.51. The van der Waals surface area contributed by atoms with E-state index in [1.807, 2.05) is 32.0 Å². The first-order valence-electron chi connectivity index (χ1n) is 7.88. The zero-order valence-corrected chi connectivity index (χ0v) is 13.4. The van der Waals surface area contributed by atoms with Gasteiger partial charge < -0.3 is 9.57 Å². The summed E-state index contributed by atoms with van der Waals surface area (Å²) in [5.41, 5.74) is 6.61. The van der Waals surface area contributed by atoms with E-state index in [1.165, 1.54) is 18.4 Å². The van der Waals surface area contributed by atoms with Gasteiger partial charge in [0.15, 0.2) is 0 Å². The Bertz CT molecular complexity index is 630. The Morgan fingerprint density at radius 3 is 2.36 bits per heavy atom. The summed E-state index contributed by atoms with van der Waals surface area (Å²) < 4.78 is 5.49. The third-order valence-electron chi connectivity index (χ3n) is 3.85. The lowest BCUT2D eigenvalue weighted by Gasteiger charge is -2.14. The number of methoxy groups -OCH3 is 1. The van der Waals surface area contributed by atoms with E-state index in [1.54, 1.807) is 7.11 Å². The molecule has 1 N–H and O–H groups in total. The maximum absolute atomic E-state index is 5.60. The summed E-state index contributed by atoms with van der Waals surface area (Å²) >= 11 is 0. The predicted octanol–water partition coefficient (Wildman–Crippen LogP) is 4.53. The molecule has 1 aliphatic rings. The molecule has 0 spiro atoms. The van der Waals surface area contributed by atoms with E-state index < -0.39 is 0 Å². The zero-order chi connectivity index (χ0) is 15.5. The van der Waals surface area contributed by atoms with Crippen LogP contribution >= 0.6 is 0 Å². The quantitative estimate of drug-likeness (QED) is 0.795. The monoisotopic (exact) mass is 297 g/mol. The second-order valence-electron chi connectivity index (χ2n) is 6.13. The number of benzene rings is 2. The minimum atomic E-state index is 0.267. The highest BCUT2D eigenvalue weighted by atomic mass is 16.6. The van der Waals surface area contributed by atoms with Crippen molar-refractivity contribution in [3.63, 3.8) is 0 Å². The van der Waals surface area contributed by atoms with Crippen LogP contribution in [-0.4, -0.2) is 13.2 Å². The Labute approximate surface area is 132 Å². The molecule has 0 bridgehead atoms. The van der Waals surface area contributed by atoms with Crippen LogP contribution in [0.3, 0.4) is 0 Å². The fourth-order valence-electron chi connectivity index (χ4n) is 2.51. The maximum atomic E-state index is 5.60. The molecular formula is C19H23NO2. The van der Waals surface area contributed by atoms with Crippen LogP contribution in [0, 0.1) is 0 Å². The van der Waals surface area contributed by atoms with Gasteiger partial charge >= 0.3 is 0 Å². The van der Waals surface area contributed by atoms with Gasteiger partial charge in [-0.3, -0.25) is 0 Å². The summed E-state index contributed by atoms with van der Waals surface area (Å²) in [7, 11) is 1.70. The van der Waals surface area contributed by atoms with Crippen molar-refractivity contribution in [1.82, 2.24) is 5.48 Å². The molecule has 22 heavy (non-hydrogen) atoms. The average Bonchev–Trinajstić information content (AvgIpc) is 3.38. The molecule has 3 rings (SSSR count). The van der Waals surface area contributed by atoms with E-state index >= 15 is 0 Å². The minimum Gasteiger partial charge on any atom is -0.496 e. The van der Waals surface area contributed by atoms with Crippen LogP contribution in [0.25, 0.3) is 11.1 Å². The van der Waals surface area contributed by atoms with Gasteiger partial charge in [0.05, 0.1) is 7.11 Å². The summed E-state index contributed by atoms with van der Waals surface area (Å²) in [6.45, 7) is 4.09. The molecule has 0 saturated heterocycles. The topological polar surface area (TPSA) is 30.5 Å². The number of hydrogen-bond acceptors (Lipinski definition) is 3. The van der Waals surface area contributed by atoms with Crippen molar-refractivity contribution in [3.8, 4) is 22.6 Å². The summed E-state index contributed by atoms with van der Waals surface area (Å²) in [6.07, 6.45) is 2.65. The lowest BCUT2D eigenvalue weighted by Crippen LogP contribution is -2.26. The molecule has 3 nitrogen and oxygen atoms in total.